The first-order chi connectivity index (χ1) is 12.3. The summed E-state index contributed by atoms with van der Waals surface area (Å²) >= 11 is 0. The first-order valence-electron chi connectivity index (χ1n) is 8.86. The normalized spacial score (nSPS) is 15.4. The number of aromatic nitrogens is 4. The van der Waals surface area contributed by atoms with Crippen LogP contribution in [0.25, 0.3) is 5.65 Å². The number of aryl methyl sites for hydroxylation is 1. The van der Waals surface area contributed by atoms with Crippen LogP contribution < -0.4 is 21.3 Å². The number of likely N-dealkylation sites (N-methyl/N-ethyl adjacent to an activating group) is 1. The number of carbonyl (C=O) groups is 1. The van der Waals surface area contributed by atoms with E-state index in [2.05, 4.69) is 36.6 Å². The Morgan fingerprint density at radius 2 is 2.12 bits per heavy atom. The molecule has 25 heavy (non-hydrogen) atoms. The molecule has 1 fully saturated rings. The van der Waals surface area contributed by atoms with Crippen molar-refractivity contribution in [1.29, 1.82) is 0 Å². The predicted molar refractivity (Wildman–Crippen MR) is 95.6 cm³/mol. The second-order valence-electron chi connectivity index (χ2n) is 6.23. The van der Waals surface area contributed by atoms with E-state index >= 15 is 0 Å². The molecule has 3 heterocycles. The van der Waals surface area contributed by atoms with Gasteiger partial charge in [-0.3, -0.25) is 4.79 Å². The highest BCUT2D eigenvalue weighted by Crippen LogP contribution is 2.09. The summed E-state index contributed by atoms with van der Waals surface area (Å²) in [7, 11) is 1.91. The van der Waals surface area contributed by atoms with E-state index in [0.29, 0.717) is 24.3 Å². The molecule has 0 aliphatic carbocycles. The van der Waals surface area contributed by atoms with Gasteiger partial charge < -0.3 is 21.3 Å². The zero-order chi connectivity index (χ0) is 17.5. The fourth-order valence-electron chi connectivity index (χ4n) is 2.89. The second-order valence-corrected chi connectivity index (χ2v) is 6.23. The Morgan fingerprint density at radius 1 is 1.28 bits per heavy atom. The van der Waals surface area contributed by atoms with Gasteiger partial charge in [-0.1, -0.05) is 0 Å². The minimum Gasteiger partial charge on any atom is -0.367 e. The molecule has 1 aliphatic rings. The Morgan fingerprint density at radius 3 is 2.92 bits per heavy atom. The van der Waals surface area contributed by atoms with Crippen molar-refractivity contribution in [3.63, 3.8) is 0 Å². The van der Waals surface area contributed by atoms with Crippen LogP contribution in [0.1, 0.15) is 25.1 Å². The van der Waals surface area contributed by atoms with Crippen LogP contribution >= 0.6 is 0 Å². The van der Waals surface area contributed by atoms with Gasteiger partial charge in [0.25, 0.3) is 0 Å². The highest BCUT2D eigenvalue weighted by atomic mass is 16.1. The van der Waals surface area contributed by atoms with Crippen LogP contribution in [0.3, 0.4) is 0 Å². The van der Waals surface area contributed by atoms with Crippen molar-refractivity contribution in [2.45, 2.75) is 31.7 Å². The number of hydrogen-bond donors (Lipinski definition) is 4. The molecule has 0 radical (unpaired) electrons. The monoisotopic (exact) mass is 346 g/mol. The summed E-state index contributed by atoms with van der Waals surface area (Å²) < 4.78 is 1.71. The van der Waals surface area contributed by atoms with Crippen LogP contribution in [-0.2, 0) is 11.2 Å². The first-order valence-corrected chi connectivity index (χ1v) is 8.86. The Labute approximate surface area is 147 Å². The molecule has 0 saturated carbocycles. The van der Waals surface area contributed by atoms with Gasteiger partial charge in [-0.25, -0.2) is 0 Å². The lowest BCUT2D eigenvalue weighted by Crippen LogP contribution is -2.42. The number of piperidine rings is 1. The molecule has 0 unspecified atom stereocenters. The van der Waals surface area contributed by atoms with Gasteiger partial charge in [0.1, 0.15) is 5.82 Å². The highest BCUT2D eigenvalue weighted by Gasteiger charge is 2.16. The van der Waals surface area contributed by atoms with Crippen molar-refractivity contribution < 1.29 is 4.79 Å². The SMILES string of the molecule is CNCCNc1ccc2nnc(CCC(=O)NC3CCNCC3)n2n1. The molecule has 136 valence electrons. The van der Waals surface area contributed by atoms with E-state index in [1.54, 1.807) is 4.52 Å². The molecule has 4 N–H and O–H groups in total. The van der Waals surface area contributed by atoms with Crippen LogP contribution in [0, 0.1) is 0 Å². The molecule has 2 aromatic heterocycles. The average Bonchev–Trinajstić information content (AvgIpc) is 3.03. The molecule has 1 aliphatic heterocycles. The van der Waals surface area contributed by atoms with Crippen molar-refractivity contribution in [3.8, 4) is 0 Å². The standard InChI is InChI=1S/C16H26N8O/c1-17-10-11-19-13-2-3-14-21-22-15(24(14)23-13)4-5-16(25)20-12-6-8-18-9-7-12/h2-3,12,17-18H,4-11H2,1H3,(H,19,23)(H,20,25). The summed E-state index contributed by atoms with van der Waals surface area (Å²) in [5.41, 5.74) is 0.688. The Kier molecular flexibility index (Phi) is 6.13. The van der Waals surface area contributed by atoms with Gasteiger partial charge in [0.15, 0.2) is 11.5 Å². The van der Waals surface area contributed by atoms with Gasteiger partial charge in [-0.15, -0.1) is 15.3 Å². The van der Waals surface area contributed by atoms with Crippen LogP contribution in [0.4, 0.5) is 5.82 Å². The number of nitrogens with zero attached hydrogens (tertiary/aromatic N) is 4. The summed E-state index contributed by atoms with van der Waals surface area (Å²) in [4.78, 5) is 12.2. The van der Waals surface area contributed by atoms with Gasteiger partial charge >= 0.3 is 0 Å². The maximum atomic E-state index is 12.2. The third-order valence-corrected chi connectivity index (χ3v) is 4.29. The van der Waals surface area contributed by atoms with E-state index in [1.165, 1.54) is 0 Å². The average molecular weight is 346 g/mol. The quantitative estimate of drug-likeness (QED) is 0.480. The van der Waals surface area contributed by atoms with Gasteiger partial charge in [-0.2, -0.15) is 4.52 Å². The summed E-state index contributed by atoms with van der Waals surface area (Å²) in [6.07, 6.45) is 2.89. The number of amides is 1. The molecule has 1 saturated heterocycles. The van der Waals surface area contributed by atoms with Crippen molar-refractivity contribution >= 4 is 17.4 Å². The predicted octanol–water partition coefficient (Wildman–Crippen LogP) is -0.444. The summed E-state index contributed by atoms with van der Waals surface area (Å²) in [5, 5.41) is 25.5. The van der Waals surface area contributed by atoms with Gasteiger partial charge in [0.2, 0.25) is 5.91 Å². The fourth-order valence-corrected chi connectivity index (χ4v) is 2.89. The first kappa shape index (κ1) is 17.6. The number of rotatable bonds is 8. The number of fused-ring (bicyclic) bond motifs is 1. The minimum atomic E-state index is 0.0620. The lowest BCUT2D eigenvalue weighted by Gasteiger charge is -2.23. The van der Waals surface area contributed by atoms with E-state index < -0.39 is 0 Å². The van der Waals surface area contributed by atoms with E-state index in [9.17, 15) is 4.79 Å². The van der Waals surface area contributed by atoms with Crippen molar-refractivity contribution in [2.24, 2.45) is 0 Å². The Bertz CT molecular complexity index is 694. The van der Waals surface area contributed by atoms with E-state index in [-0.39, 0.29) is 11.9 Å². The summed E-state index contributed by atoms with van der Waals surface area (Å²) in [6.45, 7) is 3.57. The van der Waals surface area contributed by atoms with Crippen LogP contribution in [0.15, 0.2) is 12.1 Å². The lowest BCUT2D eigenvalue weighted by molar-refractivity contribution is -0.121. The van der Waals surface area contributed by atoms with Crippen LogP contribution in [0.2, 0.25) is 0 Å². The van der Waals surface area contributed by atoms with E-state index in [4.69, 9.17) is 0 Å². The second kappa shape index (κ2) is 8.72. The lowest BCUT2D eigenvalue weighted by atomic mass is 10.1. The smallest absolute Gasteiger partial charge is 0.220 e. The van der Waals surface area contributed by atoms with E-state index in [0.717, 1.165) is 44.8 Å². The van der Waals surface area contributed by atoms with Crippen molar-refractivity contribution in [2.75, 3.05) is 38.5 Å². The zero-order valence-electron chi connectivity index (χ0n) is 14.6. The number of nitrogens with one attached hydrogen (secondary N) is 4. The minimum absolute atomic E-state index is 0.0620. The zero-order valence-corrected chi connectivity index (χ0v) is 14.6. The fraction of sp³-hybridized carbons (Fsp3) is 0.625. The molecule has 1 amide bonds. The van der Waals surface area contributed by atoms with Crippen LogP contribution in [-0.4, -0.2) is 65.0 Å². The third-order valence-electron chi connectivity index (χ3n) is 4.29. The molecule has 0 aromatic carbocycles. The third kappa shape index (κ3) is 4.86. The van der Waals surface area contributed by atoms with Gasteiger partial charge in [0, 0.05) is 32.0 Å². The Hall–Kier alpha value is -2.26. The van der Waals surface area contributed by atoms with Crippen molar-refractivity contribution in [1.82, 2.24) is 35.8 Å². The van der Waals surface area contributed by atoms with Crippen molar-refractivity contribution in [3.05, 3.63) is 18.0 Å². The highest BCUT2D eigenvalue weighted by molar-refractivity contribution is 5.76. The molecule has 3 rings (SSSR count). The molecule has 2 aromatic rings. The molecule has 0 atom stereocenters. The summed E-state index contributed by atoms with van der Waals surface area (Å²) in [5.74, 6) is 1.53. The van der Waals surface area contributed by atoms with E-state index in [1.807, 2.05) is 19.2 Å². The maximum absolute atomic E-state index is 12.2. The number of hydrogen-bond acceptors (Lipinski definition) is 7. The van der Waals surface area contributed by atoms with Crippen LogP contribution in [0.5, 0.6) is 0 Å². The van der Waals surface area contributed by atoms with Gasteiger partial charge in [-0.05, 0) is 45.1 Å². The number of carbonyl (C=O) groups excluding carboxylic acids is 1. The largest absolute Gasteiger partial charge is 0.367 e. The topological polar surface area (TPSA) is 108 Å². The van der Waals surface area contributed by atoms with Gasteiger partial charge in [0.05, 0.1) is 0 Å². The molecule has 9 heteroatoms. The molecule has 0 bridgehead atoms. The molecule has 9 nitrogen and oxygen atoms in total. The molecular weight excluding hydrogens is 320 g/mol. The molecular formula is C16H26N8O. The Balaban J connectivity index is 1.56. The number of anilines is 1. The molecule has 0 spiro atoms. The summed E-state index contributed by atoms with van der Waals surface area (Å²) in [6, 6.07) is 4.04. The maximum Gasteiger partial charge on any atom is 0.220 e.